The first-order valence-electron chi connectivity index (χ1n) is 7.63. The van der Waals surface area contributed by atoms with E-state index in [1.807, 2.05) is 7.05 Å². The predicted octanol–water partition coefficient (Wildman–Crippen LogP) is 2.27. The summed E-state index contributed by atoms with van der Waals surface area (Å²) in [5, 5.41) is 14.9. The van der Waals surface area contributed by atoms with Crippen LogP contribution in [-0.4, -0.2) is 30.5 Å². The van der Waals surface area contributed by atoms with Gasteiger partial charge in [-0.15, -0.1) is 10.2 Å². The predicted molar refractivity (Wildman–Crippen MR) is 84.5 cm³/mol. The third-order valence-electron chi connectivity index (χ3n) is 4.02. The van der Waals surface area contributed by atoms with E-state index in [-0.39, 0.29) is 11.6 Å². The molecule has 3 aromatic rings. The fourth-order valence-electron chi connectivity index (χ4n) is 2.53. The van der Waals surface area contributed by atoms with E-state index in [4.69, 9.17) is 0 Å². The number of amides is 1. The quantitative estimate of drug-likeness (QED) is 0.798. The zero-order valence-electron chi connectivity index (χ0n) is 13.0. The monoisotopic (exact) mass is 326 g/mol. The summed E-state index contributed by atoms with van der Waals surface area (Å²) in [4.78, 5) is 12.4. The first kappa shape index (κ1) is 14.6. The van der Waals surface area contributed by atoms with Crippen LogP contribution in [0.3, 0.4) is 0 Å². The number of nitrogens with zero attached hydrogens (tertiary/aromatic N) is 5. The first-order chi connectivity index (χ1) is 11.6. The number of hydrogen-bond donors (Lipinski definition) is 1. The van der Waals surface area contributed by atoms with Crippen LogP contribution >= 0.6 is 0 Å². The molecule has 0 atom stereocenters. The molecular weight excluding hydrogens is 311 g/mol. The Morgan fingerprint density at radius 3 is 2.83 bits per heavy atom. The van der Waals surface area contributed by atoms with Crippen LogP contribution in [0.25, 0.3) is 5.69 Å². The summed E-state index contributed by atoms with van der Waals surface area (Å²) in [7, 11) is 1.83. The minimum atomic E-state index is -0.407. The highest BCUT2D eigenvalue weighted by atomic mass is 19.1. The molecule has 1 amide bonds. The van der Waals surface area contributed by atoms with E-state index < -0.39 is 5.82 Å². The molecule has 1 aromatic carbocycles. The van der Waals surface area contributed by atoms with Crippen LogP contribution in [0.5, 0.6) is 0 Å². The highest BCUT2D eigenvalue weighted by Gasteiger charge is 2.29. The third-order valence-corrected chi connectivity index (χ3v) is 4.02. The summed E-state index contributed by atoms with van der Waals surface area (Å²) in [6.07, 6.45) is 5.08. The van der Waals surface area contributed by atoms with Gasteiger partial charge in [-0.25, -0.2) is 9.07 Å². The second kappa shape index (κ2) is 5.55. The van der Waals surface area contributed by atoms with Crippen molar-refractivity contribution in [3.05, 3.63) is 53.9 Å². The van der Waals surface area contributed by atoms with Crippen LogP contribution in [0.4, 0.5) is 10.3 Å². The molecule has 0 aliphatic heterocycles. The smallest absolute Gasteiger partial charge is 0.261 e. The maximum Gasteiger partial charge on any atom is 0.261 e. The van der Waals surface area contributed by atoms with E-state index in [0.717, 1.165) is 18.7 Å². The van der Waals surface area contributed by atoms with Gasteiger partial charge in [-0.1, -0.05) is 12.1 Å². The fourth-order valence-corrected chi connectivity index (χ4v) is 2.53. The lowest BCUT2D eigenvalue weighted by Crippen LogP contribution is -2.15. The lowest BCUT2D eigenvalue weighted by atomic mass is 10.3. The minimum absolute atomic E-state index is 0.284. The van der Waals surface area contributed by atoms with Crippen LogP contribution in [0.2, 0.25) is 0 Å². The Kier molecular flexibility index (Phi) is 3.37. The van der Waals surface area contributed by atoms with Crippen molar-refractivity contribution in [1.29, 1.82) is 0 Å². The molecule has 1 aliphatic rings. The van der Waals surface area contributed by atoms with Gasteiger partial charge in [0.1, 0.15) is 17.3 Å². The largest absolute Gasteiger partial charge is 0.300 e. The number of rotatable bonds is 4. The average molecular weight is 326 g/mol. The summed E-state index contributed by atoms with van der Waals surface area (Å²) >= 11 is 0. The van der Waals surface area contributed by atoms with Gasteiger partial charge in [-0.3, -0.25) is 14.7 Å². The summed E-state index contributed by atoms with van der Waals surface area (Å²) in [6, 6.07) is 6.24. The minimum Gasteiger partial charge on any atom is -0.300 e. The highest BCUT2D eigenvalue weighted by Crippen LogP contribution is 2.39. The van der Waals surface area contributed by atoms with E-state index in [0.29, 0.717) is 17.4 Å². The third kappa shape index (κ3) is 2.55. The second-order valence-corrected chi connectivity index (χ2v) is 5.79. The van der Waals surface area contributed by atoms with Crippen molar-refractivity contribution in [2.75, 3.05) is 5.32 Å². The normalized spacial score (nSPS) is 13.9. The summed E-state index contributed by atoms with van der Waals surface area (Å²) in [5.74, 6) is 0.940. The van der Waals surface area contributed by atoms with Gasteiger partial charge in [0, 0.05) is 19.2 Å². The number of para-hydroxylation sites is 1. The van der Waals surface area contributed by atoms with Gasteiger partial charge in [-0.05, 0) is 25.0 Å². The van der Waals surface area contributed by atoms with Crippen LogP contribution in [0.15, 0.2) is 36.7 Å². The van der Waals surface area contributed by atoms with Crippen molar-refractivity contribution in [3.8, 4) is 5.69 Å². The van der Waals surface area contributed by atoms with Crippen molar-refractivity contribution in [2.45, 2.75) is 18.8 Å². The molecule has 1 aliphatic carbocycles. The number of carbonyl (C=O) groups excluding carboxylic acids is 1. The van der Waals surface area contributed by atoms with E-state index in [2.05, 4.69) is 20.6 Å². The Labute approximate surface area is 137 Å². The van der Waals surface area contributed by atoms with Crippen LogP contribution in [0, 0.1) is 5.82 Å². The molecule has 0 saturated heterocycles. The molecule has 0 bridgehead atoms. The Hall–Kier alpha value is -3.03. The second-order valence-electron chi connectivity index (χ2n) is 5.79. The van der Waals surface area contributed by atoms with Crippen LogP contribution in [-0.2, 0) is 7.05 Å². The Morgan fingerprint density at radius 2 is 2.08 bits per heavy atom. The fraction of sp³-hybridized carbons (Fsp3) is 0.250. The molecule has 1 saturated carbocycles. The van der Waals surface area contributed by atoms with Gasteiger partial charge in [0.05, 0.1) is 11.8 Å². The summed E-state index contributed by atoms with van der Waals surface area (Å²) in [5.41, 5.74) is 0.598. The number of anilines is 1. The summed E-state index contributed by atoms with van der Waals surface area (Å²) in [6.45, 7) is 0. The molecule has 0 unspecified atom stereocenters. The lowest BCUT2D eigenvalue weighted by Gasteiger charge is -2.04. The van der Waals surface area contributed by atoms with Crippen LogP contribution < -0.4 is 5.32 Å². The highest BCUT2D eigenvalue weighted by molar-refractivity contribution is 6.03. The molecule has 2 heterocycles. The molecule has 122 valence electrons. The number of benzene rings is 1. The molecule has 2 aromatic heterocycles. The van der Waals surface area contributed by atoms with Crippen molar-refractivity contribution >= 4 is 11.9 Å². The number of aromatic nitrogens is 5. The number of hydrogen-bond acceptors (Lipinski definition) is 4. The van der Waals surface area contributed by atoms with Gasteiger partial charge >= 0.3 is 0 Å². The van der Waals surface area contributed by atoms with Crippen molar-refractivity contribution in [1.82, 2.24) is 24.5 Å². The zero-order valence-corrected chi connectivity index (χ0v) is 13.0. The molecule has 0 spiro atoms. The molecule has 7 nitrogen and oxygen atoms in total. The molecule has 1 N–H and O–H groups in total. The topological polar surface area (TPSA) is 77.6 Å². The Balaban J connectivity index is 1.54. The van der Waals surface area contributed by atoms with Gasteiger partial charge in [0.2, 0.25) is 5.95 Å². The Morgan fingerprint density at radius 1 is 1.29 bits per heavy atom. The molecule has 1 fully saturated rings. The van der Waals surface area contributed by atoms with Crippen molar-refractivity contribution in [3.63, 3.8) is 0 Å². The number of nitrogens with one attached hydrogen (secondary N) is 1. The summed E-state index contributed by atoms with van der Waals surface area (Å²) < 4.78 is 16.9. The first-order valence-corrected chi connectivity index (χ1v) is 7.63. The number of halogens is 1. The molecule has 8 heteroatoms. The lowest BCUT2D eigenvalue weighted by molar-refractivity contribution is 0.102. The Bertz CT molecular complexity index is 911. The van der Waals surface area contributed by atoms with Gasteiger partial charge in [0.25, 0.3) is 5.91 Å². The van der Waals surface area contributed by atoms with Gasteiger partial charge < -0.3 is 0 Å². The van der Waals surface area contributed by atoms with E-state index in [9.17, 15) is 9.18 Å². The molecule has 0 radical (unpaired) electrons. The van der Waals surface area contributed by atoms with Crippen LogP contribution in [0.1, 0.15) is 34.9 Å². The van der Waals surface area contributed by atoms with Gasteiger partial charge in [-0.2, -0.15) is 5.10 Å². The number of carbonyl (C=O) groups is 1. The maximum atomic E-state index is 13.8. The van der Waals surface area contributed by atoms with Gasteiger partial charge in [0.15, 0.2) is 0 Å². The SMILES string of the molecule is Cn1c(NC(=O)c2cnn(-c3ccccc3F)c2)nnc1C1CC1. The molecule has 4 rings (SSSR count). The standard InChI is InChI=1S/C16H15FN6O/c1-22-14(10-6-7-10)20-21-16(22)19-15(24)11-8-18-23(9-11)13-5-3-2-4-12(13)17/h2-5,8-10H,6-7H2,1H3,(H,19,21,24). The molecule has 24 heavy (non-hydrogen) atoms. The van der Waals surface area contributed by atoms with Crippen molar-refractivity contribution < 1.29 is 9.18 Å². The van der Waals surface area contributed by atoms with Crippen molar-refractivity contribution in [2.24, 2.45) is 7.05 Å². The van der Waals surface area contributed by atoms with E-state index in [1.54, 1.807) is 22.8 Å². The molecular formula is C16H15FN6O. The maximum absolute atomic E-state index is 13.8. The zero-order chi connectivity index (χ0) is 16.7. The van der Waals surface area contributed by atoms with E-state index >= 15 is 0 Å². The average Bonchev–Trinajstić information content (AvgIpc) is 3.18. The van der Waals surface area contributed by atoms with E-state index in [1.165, 1.54) is 23.1 Å².